The summed E-state index contributed by atoms with van der Waals surface area (Å²) in [6.45, 7) is 0. The quantitative estimate of drug-likeness (QED) is 0.510. The van der Waals surface area contributed by atoms with Crippen LogP contribution in [-0.2, 0) is 16.0 Å². The van der Waals surface area contributed by atoms with Gasteiger partial charge in [-0.2, -0.15) is 0 Å². The van der Waals surface area contributed by atoms with Crippen LogP contribution in [-0.4, -0.2) is 28.4 Å². The van der Waals surface area contributed by atoms with E-state index in [1.54, 1.807) is 30.5 Å². The van der Waals surface area contributed by atoms with Gasteiger partial charge < -0.3 is 15.2 Å². The zero-order valence-corrected chi connectivity index (χ0v) is 15.3. The van der Waals surface area contributed by atoms with Crippen LogP contribution in [0.25, 0.3) is 10.9 Å². The van der Waals surface area contributed by atoms with Crippen LogP contribution in [0.3, 0.4) is 0 Å². The van der Waals surface area contributed by atoms with Crippen molar-refractivity contribution >= 4 is 28.8 Å². The molecule has 2 heterocycles. The first-order valence-electron chi connectivity index (χ1n) is 9.00. The summed E-state index contributed by atoms with van der Waals surface area (Å²) in [4.78, 5) is 28.1. The molecule has 1 aromatic heterocycles. The highest BCUT2D eigenvalue weighted by Crippen LogP contribution is 2.34. The Labute approximate surface area is 165 Å². The Morgan fingerprint density at radius 1 is 1.28 bits per heavy atom. The summed E-state index contributed by atoms with van der Waals surface area (Å²) in [5, 5.41) is 13.6. The monoisotopic (exact) mass is 392 g/mol. The molecule has 6 nitrogen and oxygen atoms in total. The fourth-order valence-corrected chi connectivity index (χ4v) is 3.24. The second-order valence-electron chi connectivity index (χ2n) is 6.74. The van der Waals surface area contributed by atoms with E-state index in [4.69, 9.17) is 4.74 Å². The molecule has 29 heavy (non-hydrogen) atoms. The van der Waals surface area contributed by atoms with E-state index in [0.717, 1.165) is 11.1 Å². The third-order valence-corrected chi connectivity index (χ3v) is 4.72. The van der Waals surface area contributed by atoms with Crippen molar-refractivity contribution in [2.75, 3.05) is 5.32 Å². The van der Waals surface area contributed by atoms with E-state index in [-0.39, 0.29) is 28.6 Å². The summed E-state index contributed by atoms with van der Waals surface area (Å²) < 4.78 is 18.4. The molecule has 0 saturated heterocycles. The Kier molecular flexibility index (Phi) is 4.95. The predicted molar refractivity (Wildman–Crippen MR) is 105 cm³/mol. The van der Waals surface area contributed by atoms with E-state index in [2.05, 4.69) is 10.3 Å². The lowest BCUT2D eigenvalue weighted by molar-refractivity contribution is -0.123. The zero-order chi connectivity index (χ0) is 20.4. The summed E-state index contributed by atoms with van der Waals surface area (Å²) >= 11 is 0. The predicted octanol–water partition coefficient (Wildman–Crippen LogP) is 3.72. The maximum atomic E-state index is 13.1. The fraction of sp³-hybridized carbons (Fsp3) is 0.136. The summed E-state index contributed by atoms with van der Waals surface area (Å²) in [5.74, 6) is -0.923. The number of hydrogen-bond acceptors (Lipinski definition) is 5. The number of fused-ring (bicyclic) bond motifs is 1. The SMILES string of the molecule is O=Cc1cc(NC(=O)C2CC=CO2)c2cc(Cc3ccc(F)cc3)cnc2c1O. The number of phenols is 1. The fourth-order valence-electron chi connectivity index (χ4n) is 3.24. The topological polar surface area (TPSA) is 88.5 Å². The van der Waals surface area contributed by atoms with E-state index >= 15 is 0 Å². The van der Waals surface area contributed by atoms with Crippen molar-refractivity contribution in [3.63, 3.8) is 0 Å². The number of anilines is 1. The smallest absolute Gasteiger partial charge is 0.265 e. The molecule has 0 bridgehead atoms. The molecule has 3 aromatic rings. The van der Waals surface area contributed by atoms with Gasteiger partial charge in [0.25, 0.3) is 5.91 Å². The van der Waals surface area contributed by atoms with E-state index in [1.165, 1.54) is 24.5 Å². The van der Waals surface area contributed by atoms with E-state index < -0.39 is 6.10 Å². The molecule has 1 atom stereocenters. The Bertz CT molecular complexity index is 1120. The number of pyridine rings is 1. The van der Waals surface area contributed by atoms with Crippen molar-refractivity contribution in [3.05, 3.63) is 77.4 Å². The molecule has 2 N–H and O–H groups in total. The summed E-state index contributed by atoms with van der Waals surface area (Å²) in [7, 11) is 0. The molecule has 1 unspecified atom stereocenters. The van der Waals surface area contributed by atoms with Gasteiger partial charge in [-0.15, -0.1) is 0 Å². The van der Waals surface area contributed by atoms with Gasteiger partial charge in [-0.05, 0) is 47.9 Å². The van der Waals surface area contributed by atoms with Gasteiger partial charge in [0.15, 0.2) is 18.1 Å². The molecular formula is C22H17FN2O4. The van der Waals surface area contributed by atoms with Crippen molar-refractivity contribution in [3.8, 4) is 5.75 Å². The summed E-state index contributed by atoms with van der Waals surface area (Å²) in [5.41, 5.74) is 2.28. The molecule has 7 heteroatoms. The molecule has 0 spiro atoms. The lowest BCUT2D eigenvalue weighted by Gasteiger charge is -2.15. The molecule has 0 fully saturated rings. The number of carbonyl (C=O) groups excluding carboxylic acids is 2. The van der Waals surface area contributed by atoms with E-state index in [9.17, 15) is 19.1 Å². The largest absolute Gasteiger partial charge is 0.505 e. The molecule has 2 aromatic carbocycles. The van der Waals surface area contributed by atoms with Gasteiger partial charge in [0.05, 0.1) is 17.5 Å². The van der Waals surface area contributed by atoms with Crippen molar-refractivity contribution in [2.45, 2.75) is 18.9 Å². The number of aromatic hydroxyl groups is 1. The first kappa shape index (κ1) is 18.6. The van der Waals surface area contributed by atoms with Crippen LogP contribution in [0.5, 0.6) is 5.75 Å². The molecule has 4 rings (SSSR count). The van der Waals surface area contributed by atoms with Crippen molar-refractivity contribution in [2.24, 2.45) is 0 Å². The zero-order valence-electron chi connectivity index (χ0n) is 15.3. The first-order valence-corrected chi connectivity index (χ1v) is 9.00. The van der Waals surface area contributed by atoms with Gasteiger partial charge in [-0.25, -0.2) is 4.39 Å². The Morgan fingerprint density at radius 2 is 2.07 bits per heavy atom. The molecule has 0 aliphatic carbocycles. The van der Waals surface area contributed by atoms with E-state index in [1.807, 2.05) is 0 Å². The summed E-state index contributed by atoms with van der Waals surface area (Å²) in [6, 6.07) is 9.32. The molecular weight excluding hydrogens is 375 g/mol. The number of halogens is 1. The normalized spacial score (nSPS) is 15.3. The van der Waals surface area contributed by atoms with Crippen molar-refractivity contribution in [1.29, 1.82) is 0 Å². The average Bonchev–Trinajstić information content (AvgIpc) is 3.27. The van der Waals surface area contributed by atoms with Crippen LogP contribution in [0.4, 0.5) is 10.1 Å². The van der Waals surface area contributed by atoms with Crippen LogP contribution in [0.1, 0.15) is 27.9 Å². The van der Waals surface area contributed by atoms with Crippen LogP contribution in [0.2, 0.25) is 0 Å². The van der Waals surface area contributed by atoms with Gasteiger partial charge in [0.2, 0.25) is 0 Å². The molecule has 1 amide bonds. The lowest BCUT2D eigenvalue weighted by atomic mass is 10.0. The number of nitrogens with zero attached hydrogens (tertiary/aromatic N) is 1. The number of phenolic OH excluding ortho intramolecular Hbond substituents is 1. The Morgan fingerprint density at radius 3 is 2.76 bits per heavy atom. The highest BCUT2D eigenvalue weighted by molar-refractivity contribution is 6.07. The highest BCUT2D eigenvalue weighted by atomic mass is 19.1. The number of hydrogen-bond donors (Lipinski definition) is 2. The van der Waals surface area contributed by atoms with Gasteiger partial charge in [0, 0.05) is 18.0 Å². The average molecular weight is 392 g/mol. The number of carbonyl (C=O) groups is 2. The Balaban J connectivity index is 1.73. The van der Waals surface area contributed by atoms with Crippen LogP contribution < -0.4 is 5.32 Å². The van der Waals surface area contributed by atoms with E-state index in [0.29, 0.717) is 30.2 Å². The Hall–Kier alpha value is -3.74. The van der Waals surface area contributed by atoms with Crippen molar-refractivity contribution < 1.29 is 23.8 Å². The van der Waals surface area contributed by atoms with Crippen LogP contribution >= 0.6 is 0 Å². The third kappa shape index (κ3) is 3.80. The molecule has 1 aliphatic heterocycles. The minimum Gasteiger partial charge on any atom is -0.505 e. The minimum atomic E-state index is -0.645. The number of aromatic nitrogens is 1. The lowest BCUT2D eigenvalue weighted by Crippen LogP contribution is -2.27. The van der Waals surface area contributed by atoms with Crippen molar-refractivity contribution in [1.82, 2.24) is 4.98 Å². The van der Waals surface area contributed by atoms with Gasteiger partial charge in [-0.3, -0.25) is 14.6 Å². The van der Waals surface area contributed by atoms with Crippen LogP contribution in [0, 0.1) is 5.82 Å². The number of aldehydes is 1. The minimum absolute atomic E-state index is 0.0250. The highest BCUT2D eigenvalue weighted by Gasteiger charge is 2.23. The molecule has 1 aliphatic rings. The summed E-state index contributed by atoms with van der Waals surface area (Å²) in [6.07, 6.45) is 5.60. The number of amides is 1. The number of rotatable bonds is 5. The van der Waals surface area contributed by atoms with Gasteiger partial charge >= 0.3 is 0 Å². The van der Waals surface area contributed by atoms with Gasteiger partial charge in [-0.1, -0.05) is 12.1 Å². The van der Waals surface area contributed by atoms with Crippen LogP contribution in [0.15, 0.2) is 54.9 Å². The standard InChI is InChI=1S/C22H17FN2O4/c23-16-5-3-13(4-6-16)8-14-9-17-18(25-22(28)19-2-1-7-29-19)10-15(12-26)21(27)20(17)24-11-14/h1,3-7,9-12,19,27H,2,8H2,(H,25,28). The number of ether oxygens (including phenoxy) is 1. The molecule has 146 valence electrons. The second kappa shape index (κ2) is 7.71. The first-order chi connectivity index (χ1) is 14.0. The number of benzene rings is 2. The maximum absolute atomic E-state index is 13.1. The third-order valence-electron chi connectivity index (χ3n) is 4.72. The molecule has 0 saturated carbocycles. The number of nitrogens with one attached hydrogen (secondary N) is 1. The molecule has 0 radical (unpaired) electrons. The second-order valence-corrected chi connectivity index (χ2v) is 6.74. The van der Waals surface area contributed by atoms with Gasteiger partial charge in [0.1, 0.15) is 11.3 Å². The maximum Gasteiger partial charge on any atom is 0.265 e.